The third-order valence-electron chi connectivity index (χ3n) is 5.28. The Balaban J connectivity index is 1.68. The predicted octanol–water partition coefficient (Wildman–Crippen LogP) is 5.16. The van der Waals surface area contributed by atoms with E-state index in [1.165, 1.54) is 73.8 Å². The highest BCUT2D eigenvalue weighted by molar-refractivity contribution is 6.40. The summed E-state index contributed by atoms with van der Waals surface area (Å²) in [6, 6.07) is 13.0. The van der Waals surface area contributed by atoms with Crippen molar-refractivity contribution >= 4 is 58.8 Å². The van der Waals surface area contributed by atoms with Crippen molar-refractivity contribution in [3.05, 3.63) is 98.8 Å². The molecule has 37 heavy (non-hydrogen) atoms. The van der Waals surface area contributed by atoms with Crippen LogP contribution in [0.15, 0.2) is 66.2 Å². The van der Waals surface area contributed by atoms with Crippen molar-refractivity contribution in [1.82, 2.24) is 5.32 Å². The second kappa shape index (κ2) is 10.8. The maximum absolute atomic E-state index is 13.3. The number of hydrogen-bond acceptors (Lipinski definition) is 6. The Hall–Kier alpha value is -4.21. The summed E-state index contributed by atoms with van der Waals surface area (Å²) in [5, 5.41) is 2.43. The van der Waals surface area contributed by atoms with E-state index in [1.54, 1.807) is 0 Å². The molecule has 8 nitrogen and oxygen atoms in total. The highest BCUT2D eigenvalue weighted by atomic mass is 35.5. The number of nitrogens with one attached hydrogen (secondary N) is 1. The van der Waals surface area contributed by atoms with Gasteiger partial charge in [0.25, 0.3) is 11.8 Å². The average Bonchev–Trinajstić information content (AvgIpc) is 2.86. The molecule has 0 aromatic heterocycles. The number of urea groups is 1. The molecule has 1 aliphatic rings. The van der Waals surface area contributed by atoms with Crippen LogP contribution in [0.1, 0.15) is 21.5 Å². The summed E-state index contributed by atoms with van der Waals surface area (Å²) in [4.78, 5) is 50.8. The first-order valence-corrected chi connectivity index (χ1v) is 11.4. The predicted molar refractivity (Wildman–Crippen MR) is 134 cm³/mol. The van der Waals surface area contributed by atoms with Crippen molar-refractivity contribution in [1.29, 1.82) is 0 Å². The number of halogens is 3. The number of anilines is 1. The summed E-state index contributed by atoms with van der Waals surface area (Å²) < 4.78 is 23.7. The number of methoxy groups -OCH3 is 1. The summed E-state index contributed by atoms with van der Waals surface area (Å²) in [5.74, 6) is -2.73. The summed E-state index contributed by atoms with van der Waals surface area (Å²) >= 11 is 12.5. The number of barbiturate groups is 1. The van der Waals surface area contributed by atoms with Gasteiger partial charge >= 0.3 is 12.0 Å². The van der Waals surface area contributed by atoms with E-state index in [4.69, 9.17) is 27.9 Å². The van der Waals surface area contributed by atoms with Gasteiger partial charge in [-0.2, -0.15) is 0 Å². The van der Waals surface area contributed by atoms with Gasteiger partial charge in [0.15, 0.2) is 0 Å². The number of hydrogen-bond donors (Lipinski definition) is 1. The van der Waals surface area contributed by atoms with Crippen LogP contribution >= 0.6 is 23.2 Å². The molecule has 1 saturated heterocycles. The number of amides is 4. The number of benzene rings is 3. The van der Waals surface area contributed by atoms with Crippen LogP contribution < -0.4 is 15.0 Å². The maximum atomic E-state index is 13.3. The van der Waals surface area contributed by atoms with E-state index in [0.717, 1.165) is 4.90 Å². The second-order valence-electron chi connectivity index (χ2n) is 7.72. The molecule has 1 aliphatic heterocycles. The molecule has 3 aromatic carbocycles. The zero-order valence-electron chi connectivity index (χ0n) is 19.1. The van der Waals surface area contributed by atoms with Crippen LogP contribution in [0.4, 0.5) is 14.9 Å². The van der Waals surface area contributed by atoms with Crippen molar-refractivity contribution in [2.24, 2.45) is 0 Å². The standard InChI is InChI=1S/C26H17Cl2FN2O6/c1-36-25(34)15-4-8-19(9-5-15)31-24(33)20(23(32)30-26(31)35)11-16-10-17(27)12-21(28)22(16)37-13-14-2-6-18(29)7-3-14/h2-12H,13H2,1H3,(H,30,32,35)/b20-11+. The SMILES string of the molecule is COC(=O)c1ccc(N2C(=O)NC(=O)/C(=C\c3cc(Cl)cc(Cl)c3OCc3ccc(F)cc3)C2=O)cc1. The Labute approximate surface area is 220 Å². The lowest BCUT2D eigenvalue weighted by molar-refractivity contribution is -0.122. The van der Waals surface area contributed by atoms with E-state index in [0.29, 0.717) is 5.56 Å². The van der Waals surface area contributed by atoms with Crippen LogP contribution in [0.5, 0.6) is 5.75 Å². The Morgan fingerprint density at radius 3 is 2.35 bits per heavy atom. The fourth-order valence-electron chi connectivity index (χ4n) is 3.49. The van der Waals surface area contributed by atoms with Crippen molar-refractivity contribution in [2.75, 3.05) is 12.0 Å². The van der Waals surface area contributed by atoms with Crippen molar-refractivity contribution in [3.8, 4) is 5.75 Å². The molecule has 0 unspecified atom stereocenters. The molecule has 0 radical (unpaired) electrons. The topological polar surface area (TPSA) is 102 Å². The molecule has 3 aromatic rings. The number of carbonyl (C=O) groups is 4. The molecule has 0 aliphatic carbocycles. The highest BCUT2D eigenvalue weighted by Crippen LogP contribution is 2.35. The minimum atomic E-state index is -0.963. The van der Waals surface area contributed by atoms with Gasteiger partial charge in [-0.15, -0.1) is 0 Å². The zero-order valence-corrected chi connectivity index (χ0v) is 20.6. The highest BCUT2D eigenvalue weighted by Gasteiger charge is 2.37. The summed E-state index contributed by atoms with van der Waals surface area (Å²) in [6.07, 6.45) is 1.21. The van der Waals surface area contributed by atoms with Crippen molar-refractivity contribution < 1.29 is 33.0 Å². The molecule has 0 saturated carbocycles. The monoisotopic (exact) mass is 542 g/mol. The second-order valence-corrected chi connectivity index (χ2v) is 8.56. The van der Waals surface area contributed by atoms with Gasteiger partial charge in [0.05, 0.1) is 23.4 Å². The molecule has 0 spiro atoms. The molecule has 1 N–H and O–H groups in total. The number of rotatable bonds is 6. The Kier molecular flexibility index (Phi) is 7.56. The fourth-order valence-corrected chi connectivity index (χ4v) is 4.05. The Bertz CT molecular complexity index is 1440. The molecular weight excluding hydrogens is 526 g/mol. The molecular formula is C26H17Cl2FN2O6. The number of carbonyl (C=O) groups excluding carboxylic acids is 4. The van der Waals surface area contributed by atoms with Gasteiger partial charge in [0.1, 0.15) is 23.7 Å². The molecule has 1 fully saturated rings. The van der Waals surface area contributed by atoms with E-state index in [-0.39, 0.29) is 44.8 Å². The van der Waals surface area contributed by atoms with Gasteiger partial charge in [0, 0.05) is 10.6 Å². The van der Waals surface area contributed by atoms with Gasteiger partial charge in [0.2, 0.25) is 0 Å². The van der Waals surface area contributed by atoms with Gasteiger partial charge in [-0.1, -0.05) is 35.3 Å². The van der Waals surface area contributed by atoms with Crippen LogP contribution in [0, 0.1) is 5.82 Å². The Morgan fingerprint density at radius 1 is 1.03 bits per heavy atom. The maximum Gasteiger partial charge on any atom is 0.337 e. The summed E-state index contributed by atoms with van der Waals surface area (Å²) in [7, 11) is 1.22. The van der Waals surface area contributed by atoms with Crippen molar-refractivity contribution in [2.45, 2.75) is 6.61 Å². The molecule has 188 valence electrons. The van der Waals surface area contributed by atoms with E-state index in [1.807, 2.05) is 0 Å². The number of ether oxygens (including phenoxy) is 2. The lowest BCUT2D eigenvalue weighted by Gasteiger charge is -2.26. The average molecular weight is 543 g/mol. The van der Waals surface area contributed by atoms with E-state index in [9.17, 15) is 23.6 Å². The van der Waals surface area contributed by atoms with E-state index < -0.39 is 29.6 Å². The summed E-state index contributed by atoms with van der Waals surface area (Å²) in [6.45, 7) is 0.00903. The molecule has 4 amide bonds. The normalized spacial score (nSPS) is 14.5. The molecule has 0 bridgehead atoms. The smallest absolute Gasteiger partial charge is 0.337 e. The number of nitrogens with zero attached hydrogens (tertiary/aromatic N) is 1. The van der Waals surface area contributed by atoms with Crippen molar-refractivity contribution in [3.63, 3.8) is 0 Å². The van der Waals surface area contributed by atoms with E-state index in [2.05, 4.69) is 10.1 Å². The van der Waals surface area contributed by atoms with E-state index >= 15 is 0 Å². The largest absolute Gasteiger partial charge is 0.487 e. The summed E-state index contributed by atoms with van der Waals surface area (Å²) in [5.41, 5.74) is 0.782. The van der Waals surface area contributed by atoms with Gasteiger partial charge in [-0.3, -0.25) is 14.9 Å². The molecule has 0 atom stereocenters. The van der Waals surface area contributed by atoms with Crippen LogP contribution in [-0.4, -0.2) is 30.9 Å². The minimum Gasteiger partial charge on any atom is -0.487 e. The zero-order chi connectivity index (χ0) is 26.7. The third kappa shape index (κ3) is 5.63. The molecule has 4 rings (SSSR count). The van der Waals surface area contributed by atoms with Gasteiger partial charge in [-0.05, 0) is 60.2 Å². The first kappa shape index (κ1) is 25.9. The minimum absolute atomic E-state index is 0.00903. The first-order chi connectivity index (χ1) is 17.7. The quantitative estimate of drug-likeness (QED) is 0.262. The first-order valence-electron chi connectivity index (χ1n) is 10.6. The van der Waals surface area contributed by atoms with Gasteiger partial charge in [-0.25, -0.2) is 18.9 Å². The molecule has 1 heterocycles. The molecule has 11 heteroatoms. The third-order valence-corrected chi connectivity index (χ3v) is 5.78. The number of imide groups is 2. The van der Waals surface area contributed by atoms with Gasteiger partial charge < -0.3 is 9.47 Å². The lowest BCUT2D eigenvalue weighted by atomic mass is 10.1. The fraction of sp³-hybridized carbons (Fsp3) is 0.0769. The van der Waals surface area contributed by atoms with Crippen LogP contribution in [0.2, 0.25) is 10.0 Å². The van der Waals surface area contributed by atoms with Crippen LogP contribution in [0.3, 0.4) is 0 Å². The Morgan fingerprint density at radius 2 is 1.70 bits per heavy atom. The van der Waals surface area contributed by atoms with Crippen LogP contribution in [0.25, 0.3) is 6.08 Å². The lowest BCUT2D eigenvalue weighted by Crippen LogP contribution is -2.54. The number of esters is 1. The van der Waals surface area contributed by atoms with Crippen LogP contribution in [-0.2, 0) is 20.9 Å².